The van der Waals surface area contributed by atoms with Gasteiger partial charge in [-0.3, -0.25) is 0 Å². The highest BCUT2D eigenvalue weighted by molar-refractivity contribution is 6.06. The summed E-state index contributed by atoms with van der Waals surface area (Å²) in [6, 6.07) is 3.54. The maximum Gasteiger partial charge on any atom is 0.339 e. The van der Waals surface area contributed by atoms with Crippen LogP contribution in [-0.4, -0.2) is 16.2 Å². The van der Waals surface area contributed by atoms with Gasteiger partial charge in [0.1, 0.15) is 23.2 Å². The van der Waals surface area contributed by atoms with Crippen LogP contribution in [0.3, 0.4) is 0 Å². The lowest BCUT2D eigenvalue weighted by Gasteiger charge is -2.01. The van der Waals surface area contributed by atoms with Crippen LogP contribution in [0.5, 0.6) is 11.5 Å². The van der Waals surface area contributed by atoms with Crippen molar-refractivity contribution in [1.29, 1.82) is 0 Å². The second-order valence-corrected chi connectivity index (χ2v) is 2.26. The van der Waals surface area contributed by atoms with Crippen molar-refractivity contribution in [2.75, 3.05) is 0 Å². The predicted molar refractivity (Wildman–Crippen MR) is 42.6 cm³/mol. The van der Waals surface area contributed by atoms with E-state index in [2.05, 4.69) is 9.33 Å². The monoisotopic (exact) mass is 204 g/mol. The Labute approximate surface area is 78.2 Å². The molecule has 0 atom stereocenters. The molecule has 0 heterocycles. The summed E-state index contributed by atoms with van der Waals surface area (Å²) in [5, 5.41) is 17.7. The third kappa shape index (κ3) is 2.24. The average molecular weight is 205 g/mol. The van der Waals surface area contributed by atoms with Gasteiger partial charge in [0.25, 0.3) is 0 Å². The van der Waals surface area contributed by atoms with E-state index in [1.54, 1.807) is 0 Å². The molecule has 0 saturated carbocycles. The third-order valence-corrected chi connectivity index (χ3v) is 1.39. The first kappa shape index (κ1) is 9.63. The van der Waals surface area contributed by atoms with E-state index in [9.17, 15) is 4.79 Å². The molecule has 0 bridgehead atoms. The number of benzene rings is 1. The van der Waals surface area contributed by atoms with Crippen molar-refractivity contribution in [3.8, 4) is 11.5 Å². The van der Waals surface area contributed by atoms with Crippen LogP contribution in [0.1, 0.15) is 10.4 Å². The van der Waals surface area contributed by atoms with Gasteiger partial charge >= 0.3 is 5.97 Å². The van der Waals surface area contributed by atoms with Gasteiger partial charge in [-0.25, -0.2) is 4.79 Å². The summed E-state index contributed by atoms with van der Waals surface area (Å²) in [6.07, 6.45) is 0. The molecule has 0 unspecified atom stereocenters. The molecule has 1 rings (SSSR count). The molecule has 6 heteroatoms. The number of carboxylic acids is 1. The Kier molecular flexibility index (Phi) is 2.94. The Morgan fingerprint density at radius 2 is 2.15 bits per heavy atom. The molecule has 0 aliphatic heterocycles. The van der Waals surface area contributed by atoms with E-state index in [4.69, 9.17) is 22.1 Å². The Morgan fingerprint density at radius 3 is 2.62 bits per heavy atom. The third-order valence-electron chi connectivity index (χ3n) is 1.33. The first-order valence-electron chi connectivity index (χ1n) is 3.16. The number of phenols is 1. The van der Waals surface area contributed by atoms with Crippen molar-refractivity contribution in [2.45, 2.75) is 0 Å². The van der Waals surface area contributed by atoms with E-state index >= 15 is 0 Å². The number of aromatic carboxylic acids is 1. The molecular weight excluding hydrogens is 200 g/mol. The van der Waals surface area contributed by atoms with E-state index in [1.165, 1.54) is 12.1 Å². The zero-order chi connectivity index (χ0) is 9.84. The van der Waals surface area contributed by atoms with Crippen LogP contribution in [0.15, 0.2) is 18.2 Å². The lowest BCUT2D eigenvalue weighted by Crippen LogP contribution is -1.96. The standard InChI is InChI=1S/C7H5ClO5/c8-13-12-4-1-2-5(7(10)11)6(9)3-4/h1-3,9H,(H,10,11). The van der Waals surface area contributed by atoms with Gasteiger partial charge in [-0.2, -0.15) is 0 Å². The number of aromatic hydroxyl groups is 1. The highest BCUT2D eigenvalue weighted by Gasteiger charge is 2.10. The minimum absolute atomic E-state index is 0.109. The molecular formula is C7H5ClO5. The van der Waals surface area contributed by atoms with Crippen LogP contribution in [-0.2, 0) is 4.44 Å². The SMILES string of the molecule is O=C(O)c1ccc(OOCl)cc1O. The van der Waals surface area contributed by atoms with Gasteiger partial charge in [0.2, 0.25) is 0 Å². The van der Waals surface area contributed by atoms with Crippen molar-refractivity contribution in [3.05, 3.63) is 23.8 Å². The van der Waals surface area contributed by atoms with Gasteiger partial charge in [-0.1, -0.05) is 4.44 Å². The maximum absolute atomic E-state index is 10.4. The molecule has 2 N–H and O–H groups in total. The molecule has 0 amide bonds. The van der Waals surface area contributed by atoms with E-state index in [0.717, 1.165) is 6.07 Å². The normalized spacial score (nSPS) is 9.62. The molecule has 0 radical (unpaired) electrons. The van der Waals surface area contributed by atoms with Crippen molar-refractivity contribution in [1.82, 2.24) is 0 Å². The fraction of sp³-hybridized carbons (Fsp3) is 0. The smallest absolute Gasteiger partial charge is 0.339 e. The first-order valence-corrected chi connectivity index (χ1v) is 3.47. The zero-order valence-electron chi connectivity index (χ0n) is 6.23. The van der Waals surface area contributed by atoms with Crippen LogP contribution in [0, 0.1) is 0 Å². The summed E-state index contributed by atoms with van der Waals surface area (Å²) in [6.45, 7) is 0. The first-order chi connectivity index (χ1) is 6.15. The summed E-state index contributed by atoms with van der Waals surface area (Å²) >= 11 is 4.77. The van der Waals surface area contributed by atoms with E-state index in [0.29, 0.717) is 0 Å². The van der Waals surface area contributed by atoms with Crippen LogP contribution in [0.4, 0.5) is 0 Å². The summed E-state index contributed by atoms with van der Waals surface area (Å²) in [4.78, 5) is 14.8. The molecule has 0 fully saturated rings. The molecule has 1 aromatic carbocycles. The molecule has 5 nitrogen and oxygen atoms in total. The number of halogens is 1. The average Bonchev–Trinajstić information content (AvgIpc) is 2.04. The maximum atomic E-state index is 10.4. The molecule has 13 heavy (non-hydrogen) atoms. The Hall–Kier alpha value is -1.46. The summed E-state index contributed by atoms with van der Waals surface area (Å²) in [7, 11) is 0. The van der Waals surface area contributed by atoms with Gasteiger partial charge in [0.05, 0.1) is 0 Å². The molecule has 0 spiro atoms. The van der Waals surface area contributed by atoms with Gasteiger partial charge < -0.3 is 15.1 Å². The number of hydrogen-bond acceptors (Lipinski definition) is 4. The van der Waals surface area contributed by atoms with Gasteiger partial charge in [0.15, 0.2) is 5.75 Å². The Bertz CT molecular complexity index is 325. The molecule has 0 saturated heterocycles. The Balaban J connectivity index is 2.98. The topological polar surface area (TPSA) is 76.0 Å². The molecule has 1 aromatic rings. The van der Waals surface area contributed by atoms with E-state index in [-0.39, 0.29) is 11.3 Å². The van der Waals surface area contributed by atoms with Crippen LogP contribution < -0.4 is 4.89 Å². The van der Waals surface area contributed by atoms with Crippen molar-refractivity contribution in [3.63, 3.8) is 0 Å². The minimum atomic E-state index is -1.23. The molecule has 0 aliphatic rings. The second-order valence-electron chi connectivity index (χ2n) is 2.13. The quantitative estimate of drug-likeness (QED) is 0.577. The fourth-order valence-electron chi connectivity index (χ4n) is 0.781. The fourth-order valence-corrected chi connectivity index (χ4v) is 0.853. The van der Waals surface area contributed by atoms with Crippen molar-refractivity contribution < 1.29 is 24.3 Å². The van der Waals surface area contributed by atoms with Crippen LogP contribution in [0.2, 0.25) is 0 Å². The molecule has 0 aliphatic carbocycles. The minimum Gasteiger partial charge on any atom is -0.507 e. The number of hydrogen-bond donors (Lipinski definition) is 2. The Morgan fingerprint density at radius 1 is 1.46 bits per heavy atom. The lowest BCUT2D eigenvalue weighted by atomic mass is 10.2. The number of carboxylic acid groups (broad SMARTS) is 1. The lowest BCUT2D eigenvalue weighted by molar-refractivity contribution is -0.0919. The zero-order valence-corrected chi connectivity index (χ0v) is 6.99. The number of carbonyl (C=O) groups is 1. The van der Waals surface area contributed by atoms with Gasteiger partial charge in [-0.05, 0) is 12.1 Å². The summed E-state index contributed by atoms with van der Waals surface area (Å²) in [5.41, 5.74) is -0.220. The largest absolute Gasteiger partial charge is 0.507 e. The number of rotatable bonds is 3. The van der Waals surface area contributed by atoms with Crippen LogP contribution in [0.25, 0.3) is 0 Å². The highest BCUT2D eigenvalue weighted by atomic mass is 35.5. The molecule has 70 valence electrons. The van der Waals surface area contributed by atoms with Gasteiger partial charge in [-0.15, -0.1) is 0 Å². The van der Waals surface area contributed by atoms with Crippen LogP contribution >= 0.6 is 11.9 Å². The highest BCUT2D eigenvalue weighted by Crippen LogP contribution is 2.23. The van der Waals surface area contributed by atoms with E-state index in [1.807, 2.05) is 0 Å². The van der Waals surface area contributed by atoms with Gasteiger partial charge in [0, 0.05) is 6.07 Å². The molecule has 0 aromatic heterocycles. The van der Waals surface area contributed by atoms with Crippen molar-refractivity contribution in [2.24, 2.45) is 0 Å². The second kappa shape index (κ2) is 3.97. The van der Waals surface area contributed by atoms with E-state index < -0.39 is 11.7 Å². The summed E-state index contributed by atoms with van der Waals surface area (Å²) < 4.78 is 3.80. The van der Waals surface area contributed by atoms with Crippen molar-refractivity contribution >= 4 is 17.8 Å². The predicted octanol–water partition coefficient (Wildman–Crippen LogP) is 1.55. The summed E-state index contributed by atoms with van der Waals surface area (Å²) in [5.74, 6) is -1.54.